The molecule has 88 valence electrons. The third kappa shape index (κ3) is 3.04. The molecule has 3 nitrogen and oxygen atoms in total. The lowest BCUT2D eigenvalue weighted by Crippen LogP contribution is -2.19. The largest absolute Gasteiger partial charge is 0.389 e. The molecule has 0 amide bonds. The number of hydrogen-bond acceptors (Lipinski definition) is 3. The molecule has 0 aromatic heterocycles. The van der Waals surface area contributed by atoms with Crippen molar-refractivity contribution in [1.82, 2.24) is 0 Å². The number of aliphatic hydroxyl groups is 2. The minimum Gasteiger partial charge on any atom is -0.389 e. The highest BCUT2D eigenvalue weighted by Gasteiger charge is 2.18. The average molecular weight is 243 g/mol. The maximum Gasteiger partial charge on any atom is 0.162 e. The van der Waals surface area contributed by atoms with E-state index in [0.29, 0.717) is 17.5 Å². The lowest BCUT2D eigenvalue weighted by molar-refractivity contribution is 0.0327. The van der Waals surface area contributed by atoms with E-state index in [0.717, 1.165) is 0 Å². The second kappa shape index (κ2) is 5.99. The van der Waals surface area contributed by atoms with Crippen LogP contribution >= 0.6 is 11.6 Å². The number of carbonyl (C=O) groups excluding carboxylic acids is 1. The molecule has 0 fully saturated rings. The summed E-state index contributed by atoms with van der Waals surface area (Å²) in [5.41, 5.74) is 1.05. The topological polar surface area (TPSA) is 57.5 Å². The second-order valence-corrected chi connectivity index (χ2v) is 3.88. The van der Waals surface area contributed by atoms with Crippen LogP contribution in [0.15, 0.2) is 24.3 Å². The smallest absolute Gasteiger partial charge is 0.162 e. The van der Waals surface area contributed by atoms with Gasteiger partial charge in [-0.3, -0.25) is 4.79 Å². The van der Waals surface area contributed by atoms with Gasteiger partial charge in [0.15, 0.2) is 5.78 Å². The molecular formula is C12H15ClO3. The van der Waals surface area contributed by atoms with Gasteiger partial charge >= 0.3 is 0 Å². The first kappa shape index (κ1) is 13.2. The van der Waals surface area contributed by atoms with E-state index in [2.05, 4.69) is 0 Å². The van der Waals surface area contributed by atoms with E-state index in [1.54, 1.807) is 31.2 Å². The van der Waals surface area contributed by atoms with Crippen LogP contribution in [0.5, 0.6) is 0 Å². The Balaban J connectivity index is 2.94. The van der Waals surface area contributed by atoms with Crippen LogP contribution in [0.4, 0.5) is 0 Å². The third-order valence-electron chi connectivity index (χ3n) is 2.39. The molecular weight excluding hydrogens is 228 g/mol. The molecule has 0 aliphatic heterocycles. The summed E-state index contributed by atoms with van der Waals surface area (Å²) in [6.45, 7) is 1.78. The van der Waals surface area contributed by atoms with Gasteiger partial charge in [-0.15, -0.1) is 11.6 Å². The van der Waals surface area contributed by atoms with Gasteiger partial charge in [0.1, 0.15) is 6.10 Å². The van der Waals surface area contributed by atoms with Gasteiger partial charge in [0, 0.05) is 12.0 Å². The molecule has 0 heterocycles. The summed E-state index contributed by atoms with van der Waals surface area (Å²) >= 11 is 5.45. The predicted octanol–water partition coefficient (Wildman–Crippen LogP) is 1.91. The molecule has 2 N–H and O–H groups in total. The zero-order chi connectivity index (χ0) is 12.1. The maximum atomic E-state index is 11.5. The fourth-order valence-corrected chi connectivity index (χ4v) is 1.58. The normalized spacial score (nSPS) is 14.5. The third-order valence-corrected chi connectivity index (χ3v) is 2.71. The van der Waals surface area contributed by atoms with Crippen molar-refractivity contribution in [3.8, 4) is 0 Å². The Morgan fingerprint density at radius 2 is 2.12 bits per heavy atom. The fraction of sp³-hybridized carbons (Fsp3) is 0.417. The van der Waals surface area contributed by atoms with E-state index < -0.39 is 12.2 Å². The van der Waals surface area contributed by atoms with Gasteiger partial charge in [0.25, 0.3) is 0 Å². The molecule has 2 atom stereocenters. The molecule has 0 bridgehead atoms. The number of hydrogen-bond donors (Lipinski definition) is 2. The summed E-state index contributed by atoms with van der Waals surface area (Å²) in [6, 6.07) is 6.62. The van der Waals surface area contributed by atoms with Crippen LogP contribution in [-0.2, 0) is 0 Å². The first-order valence-corrected chi connectivity index (χ1v) is 5.68. The minimum atomic E-state index is -1.05. The molecule has 2 unspecified atom stereocenters. The summed E-state index contributed by atoms with van der Waals surface area (Å²) in [5, 5.41) is 19.1. The van der Waals surface area contributed by atoms with E-state index in [1.807, 2.05) is 0 Å². The van der Waals surface area contributed by atoms with E-state index in [-0.39, 0.29) is 11.7 Å². The highest BCUT2D eigenvalue weighted by molar-refractivity contribution is 6.18. The van der Waals surface area contributed by atoms with Crippen molar-refractivity contribution in [1.29, 1.82) is 0 Å². The van der Waals surface area contributed by atoms with E-state index in [4.69, 9.17) is 11.6 Å². The first-order valence-electron chi connectivity index (χ1n) is 5.15. The van der Waals surface area contributed by atoms with E-state index >= 15 is 0 Å². The van der Waals surface area contributed by atoms with Crippen LogP contribution in [0.2, 0.25) is 0 Å². The number of benzene rings is 1. The zero-order valence-electron chi connectivity index (χ0n) is 9.06. The number of halogens is 1. The predicted molar refractivity (Wildman–Crippen MR) is 62.8 cm³/mol. The summed E-state index contributed by atoms with van der Waals surface area (Å²) in [4.78, 5) is 11.5. The van der Waals surface area contributed by atoms with Crippen LogP contribution in [0.3, 0.4) is 0 Å². The van der Waals surface area contributed by atoms with Gasteiger partial charge in [-0.25, -0.2) is 0 Å². The minimum absolute atomic E-state index is 0.00872. The SMILES string of the molecule is CCC(=O)c1cccc(C(O)C(O)CCl)c1. The molecule has 0 aliphatic carbocycles. The van der Waals surface area contributed by atoms with Crippen LogP contribution in [-0.4, -0.2) is 28.0 Å². The Kier molecular flexibility index (Phi) is 4.93. The summed E-state index contributed by atoms with van der Waals surface area (Å²) in [6.07, 6.45) is -1.66. The number of aliphatic hydroxyl groups excluding tert-OH is 2. The van der Waals surface area contributed by atoms with Gasteiger partial charge in [-0.05, 0) is 11.6 Å². The van der Waals surface area contributed by atoms with Crippen molar-refractivity contribution in [2.24, 2.45) is 0 Å². The quantitative estimate of drug-likeness (QED) is 0.613. The number of carbonyl (C=O) groups is 1. The number of rotatable bonds is 5. The Labute approximate surface area is 99.7 Å². The number of Topliss-reactive ketones (excluding diaryl/α,β-unsaturated/α-hetero) is 1. The van der Waals surface area contributed by atoms with Crippen molar-refractivity contribution in [3.63, 3.8) is 0 Å². The molecule has 1 aromatic carbocycles. The molecule has 0 aliphatic rings. The summed E-state index contributed by atoms with van der Waals surface area (Å²) in [5.74, 6) is -0.0398. The van der Waals surface area contributed by atoms with Crippen LogP contribution < -0.4 is 0 Å². The lowest BCUT2D eigenvalue weighted by atomic mass is 10.0. The van der Waals surface area contributed by atoms with Crippen molar-refractivity contribution in [2.45, 2.75) is 25.6 Å². The molecule has 0 radical (unpaired) electrons. The van der Waals surface area contributed by atoms with Crippen molar-refractivity contribution >= 4 is 17.4 Å². The van der Waals surface area contributed by atoms with Gasteiger partial charge in [-0.1, -0.05) is 25.1 Å². The second-order valence-electron chi connectivity index (χ2n) is 3.57. The number of alkyl halides is 1. The van der Waals surface area contributed by atoms with Gasteiger partial charge in [-0.2, -0.15) is 0 Å². The Morgan fingerprint density at radius 1 is 1.44 bits per heavy atom. The van der Waals surface area contributed by atoms with Gasteiger partial charge in [0.2, 0.25) is 0 Å². The number of ketones is 1. The summed E-state index contributed by atoms with van der Waals surface area (Å²) in [7, 11) is 0. The molecule has 1 rings (SSSR count). The highest BCUT2D eigenvalue weighted by Crippen LogP contribution is 2.19. The molecule has 0 saturated heterocycles. The summed E-state index contributed by atoms with van der Waals surface area (Å²) < 4.78 is 0. The molecule has 4 heteroatoms. The lowest BCUT2D eigenvalue weighted by Gasteiger charge is -2.16. The Morgan fingerprint density at radius 3 is 2.69 bits per heavy atom. The van der Waals surface area contributed by atoms with Crippen LogP contribution in [0.25, 0.3) is 0 Å². The standard InChI is InChI=1S/C12H15ClO3/c1-2-10(14)8-4-3-5-9(6-8)12(16)11(15)7-13/h3-6,11-12,15-16H,2,7H2,1H3. The van der Waals surface area contributed by atoms with E-state index in [9.17, 15) is 15.0 Å². The van der Waals surface area contributed by atoms with Crippen molar-refractivity contribution in [3.05, 3.63) is 35.4 Å². The van der Waals surface area contributed by atoms with Crippen molar-refractivity contribution in [2.75, 3.05) is 5.88 Å². The van der Waals surface area contributed by atoms with Gasteiger partial charge in [0.05, 0.1) is 12.0 Å². The monoisotopic (exact) mass is 242 g/mol. The van der Waals surface area contributed by atoms with Gasteiger partial charge < -0.3 is 10.2 Å². The maximum absolute atomic E-state index is 11.5. The van der Waals surface area contributed by atoms with E-state index in [1.165, 1.54) is 0 Å². The first-order chi connectivity index (χ1) is 7.60. The average Bonchev–Trinajstić information content (AvgIpc) is 2.36. The van der Waals surface area contributed by atoms with Crippen LogP contribution in [0, 0.1) is 0 Å². The molecule has 0 spiro atoms. The highest BCUT2D eigenvalue weighted by atomic mass is 35.5. The fourth-order valence-electron chi connectivity index (χ4n) is 1.41. The van der Waals surface area contributed by atoms with Crippen molar-refractivity contribution < 1.29 is 15.0 Å². The zero-order valence-corrected chi connectivity index (χ0v) is 9.81. The molecule has 16 heavy (non-hydrogen) atoms. The molecule has 1 aromatic rings. The van der Waals surface area contributed by atoms with Crippen LogP contribution in [0.1, 0.15) is 35.4 Å². The Bertz CT molecular complexity index is 365. The molecule has 0 saturated carbocycles. The Hall–Kier alpha value is -0.900.